The molecule has 0 saturated carbocycles. The molecule has 1 aromatic rings. The van der Waals surface area contributed by atoms with E-state index in [0.29, 0.717) is 5.25 Å². The van der Waals surface area contributed by atoms with Crippen molar-refractivity contribution in [2.45, 2.75) is 23.8 Å². The third kappa shape index (κ3) is 2.95. The summed E-state index contributed by atoms with van der Waals surface area (Å²) in [5.74, 6) is 0. The van der Waals surface area contributed by atoms with Crippen molar-refractivity contribution in [3.8, 4) is 0 Å². The average Bonchev–Trinajstić information content (AvgIpc) is 2.40. The monoisotopic (exact) mass is 171 g/mol. The van der Waals surface area contributed by atoms with Crippen molar-refractivity contribution >= 4 is 11.8 Å². The Labute approximate surface area is 70.8 Å². The van der Waals surface area contributed by atoms with Gasteiger partial charge < -0.3 is 10.7 Å². The van der Waals surface area contributed by atoms with Gasteiger partial charge in [-0.25, -0.2) is 4.98 Å². The maximum atomic E-state index is 5.41. The molecule has 0 aliphatic heterocycles. The fourth-order valence-electron chi connectivity index (χ4n) is 0.799. The highest BCUT2D eigenvalue weighted by Crippen LogP contribution is 2.20. The summed E-state index contributed by atoms with van der Waals surface area (Å²) < 4.78 is 0. The van der Waals surface area contributed by atoms with Gasteiger partial charge in [-0.05, 0) is 13.0 Å². The van der Waals surface area contributed by atoms with E-state index in [0.717, 1.165) is 18.1 Å². The Hall–Kier alpha value is -0.480. The van der Waals surface area contributed by atoms with E-state index in [-0.39, 0.29) is 0 Å². The number of hydrogen-bond donors (Lipinski definition) is 2. The second-order valence-corrected chi connectivity index (χ2v) is 3.83. The van der Waals surface area contributed by atoms with Crippen LogP contribution in [0, 0.1) is 0 Å². The smallest absolute Gasteiger partial charge is 0.165 e. The zero-order chi connectivity index (χ0) is 8.10. The minimum absolute atomic E-state index is 0.547. The van der Waals surface area contributed by atoms with Gasteiger partial charge in [0, 0.05) is 17.6 Å². The van der Waals surface area contributed by atoms with Crippen molar-refractivity contribution in [1.82, 2.24) is 9.97 Å². The van der Waals surface area contributed by atoms with Gasteiger partial charge >= 0.3 is 0 Å². The Balaban J connectivity index is 2.31. The molecular formula is C7H13N3S. The molecule has 0 bridgehead atoms. The lowest BCUT2D eigenvalue weighted by atomic mass is 10.3. The van der Waals surface area contributed by atoms with Gasteiger partial charge in [0.25, 0.3) is 0 Å². The van der Waals surface area contributed by atoms with Crippen LogP contribution in [0.1, 0.15) is 13.3 Å². The molecule has 0 amide bonds. The third-order valence-electron chi connectivity index (χ3n) is 1.36. The lowest BCUT2D eigenvalue weighted by Crippen LogP contribution is -2.06. The molecule has 0 fully saturated rings. The first-order chi connectivity index (χ1) is 5.33. The van der Waals surface area contributed by atoms with Crippen molar-refractivity contribution in [3.05, 3.63) is 12.4 Å². The van der Waals surface area contributed by atoms with E-state index in [1.54, 1.807) is 18.0 Å². The van der Waals surface area contributed by atoms with Crippen molar-refractivity contribution in [3.63, 3.8) is 0 Å². The Kier molecular flexibility index (Phi) is 3.45. The third-order valence-corrected chi connectivity index (χ3v) is 2.44. The number of nitrogens with zero attached hydrogens (tertiary/aromatic N) is 1. The summed E-state index contributed by atoms with van der Waals surface area (Å²) in [4.78, 5) is 7.14. The van der Waals surface area contributed by atoms with E-state index in [9.17, 15) is 0 Å². The van der Waals surface area contributed by atoms with Crippen LogP contribution in [0.5, 0.6) is 0 Å². The van der Waals surface area contributed by atoms with E-state index < -0.39 is 0 Å². The van der Waals surface area contributed by atoms with Crippen molar-refractivity contribution in [1.29, 1.82) is 0 Å². The quantitative estimate of drug-likeness (QED) is 0.670. The van der Waals surface area contributed by atoms with Crippen LogP contribution in [0.2, 0.25) is 0 Å². The summed E-state index contributed by atoms with van der Waals surface area (Å²) in [5, 5.41) is 1.53. The second kappa shape index (κ2) is 4.41. The highest BCUT2D eigenvalue weighted by atomic mass is 32.2. The van der Waals surface area contributed by atoms with Crippen LogP contribution in [0.3, 0.4) is 0 Å². The van der Waals surface area contributed by atoms with Gasteiger partial charge in [0.05, 0.1) is 0 Å². The lowest BCUT2D eigenvalue weighted by molar-refractivity contribution is 0.818. The summed E-state index contributed by atoms with van der Waals surface area (Å²) >= 11 is 1.73. The predicted octanol–water partition coefficient (Wildman–Crippen LogP) is 1.24. The molecule has 0 radical (unpaired) electrons. The van der Waals surface area contributed by atoms with Gasteiger partial charge in [0.15, 0.2) is 5.16 Å². The van der Waals surface area contributed by atoms with E-state index >= 15 is 0 Å². The number of nitrogens with one attached hydrogen (secondary N) is 1. The van der Waals surface area contributed by atoms with Crippen LogP contribution in [0.4, 0.5) is 0 Å². The number of thioether (sulfide) groups is 1. The largest absolute Gasteiger partial charge is 0.340 e. The highest BCUT2D eigenvalue weighted by molar-refractivity contribution is 7.99. The molecule has 62 valence electrons. The standard InChI is InChI=1S/C7H13N3S/c1-6(2-3-8)11-7-9-4-5-10-7/h4-6H,2-3,8H2,1H3,(H,9,10). The highest BCUT2D eigenvalue weighted by Gasteiger charge is 2.03. The van der Waals surface area contributed by atoms with Crippen LogP contribution in [0.15, 0.2) is 17.6 Å². The Morgan fingerprint density at radius 1 is 1.82 bits per heavy atom. The van der Waals surface area contributed by atoms with Crippen molar-refractivity contribution < 1.29 is 0 Å². The first-order valence-corrected chi connectivity index (χ1v) is 4.57. The zero-order valence-corrected chi connectivity index (χ0v) is 7.40. The van der Waals surface area contributed by atoms with Gasteiger partial charge in [0.2, 0.25) is 0 Å². The summed E-state index contributed by atoms with van der Waals surface area (Å²) in [6, 6.07) is 0. The SMILES string of the molecule is CC(CCN)Sc1ncc[nH]1. The van der Waals surface area contributed by atoms with Crippen molar-refractivity contribution in [2.75, 3.05) is 6.54 Å². The van der Waals surface area contributed by atoms with Crippen LogP contribution in [-0.4, -0.2) is 21.8 Å². The van der Waals surface area contributed by atoms with Gasteiger partial charge in [-0.1, -0.05) is 18.7 Å². The van der Waals surface area contributed by atoms with Gasteiger partial charge in [-0.3, -0.25) is 0 Å². The molecule has 1 atom stereocenters. The minimum Gasteiger partial charge on any atom is -0.340 e. The zero-order valence-electron chi connectivity index (χ0n) is 6.58. The summed E-state index contributed by atoms with van der Waals surface area (Å²) in [7, 11) is 0. The number of rotatable bonds is 4. The predicted molar refractivity (Wildman–Crippen MR) is 47.6 cm³/mol. The first kappa shape index (κ1) is 8.62. The van der Waals surface area contributed by atoms with Gasteiger partial charge in [-0.2, -0.15) is 0 Å². The molecule has 3 N–H and O–H groups in total. The molecule has 0 saturated heterocycles. The molecular weight excluding hydrogens is 158 g/mol. The molecule has 11 heavy (non-hydrogen) atoms. The lowest BCUT2D eigenvalue weighted by Gasteiger charge is -2.05. The minimum atomic E-state index is 0.547. The normalized spacial score (nSPS) is 13.3. The van der Waals surface area contributed by atoms with E-state index in [1.807, 2.05) is 6.20 Å². The maximum Gasteiger partial charge on any atom is 0.165 e. The molecule has 0 aromatic carbocycles. The molecule has 1 unspecified atom stereocenters. The average molecular weight is 171 g/mol. The number of aromatic nitrogens is 2. The number of nitrogens with two attached hydrogens (primary N) is 1. The summed E-state index contributed by atoms with van der Waals surface area (Å²) in [5.41, 5.74) is 5.41. The van der Waals surface area contributed by atoms with Crippen LogP contribution in [0.25, 0.3) is 0 Å². The second-order valence-electron chi connectivity index (χ2n) is 2.40. The number of aromatic amines is 1. The van der Waals surface area contributed by atoms with Crippen molar-refractivity contribution in [2.24, 2.45) is 5.73 Å². The molecule has 0 spiro atoms. The molecule has 1 aromatic heterocycles. The number of imidazole rings is 1. The van der Waals surface area contributed by atoms with Gasteiger partial charge in [0.1, 0.15) is 0 Å². The van der Waals surface area contributed by atoms with Crippen LogP contribution < -0.4 is 5.73 Å². The molecule has 0 aliphatic rings. The fourth-order valence-corrected chi connectivity index (χ4v) is 1.69. The molecule has 1 heterocycles. The van der Waals surface area contributed by atoms with Gasteiger partial charge in [-0.15, -0.1) is 0 Å². The summed E-state index contributed by atoms with van der Waals surface area (Å²) in [6.45, 7) is 2.90. The molecule has 3 nitrogen and oxygen atoms in total. The summed E-state index contributed by atoms with van der Waals surface area (Å²) in [6.07, 6.45) is 4.63. The molecule has 0 aliphatic carbocycles. The fraction of sp³-hybridized carbons (Fsp3) is 0.571. The van der Waals surface area contributed by atoms with E-state index in [4.69, 9.17) is 5.73 Å². The van der Waals surface area contributed by atoms with E-state index in [1.165, 1.54) is 0 Å². The van der Waals surface area contributed by atoms with Crippen LogP contribution >= 0.6 is 11.8 Å². The van der Waals surface area contributed by atoms with Crippen LogP contribution in [-0.2, 0) is 0 Å². The Morgan fingerprint density at radius 2 is 2.64 bits per heavy atom. The first-order valence-electron chi connectivity index (χ1n) is 3.69. The number of H-pyrrole nitrogens is 1. The van der Waals surface area contributed by atoms with E-state index in [2.05, 4.69) is 16.9 Å². The molecule has 4 heteroatoms. The Morgan fingerprint density at radius 3 is 3.18 bits per heavy atom. The Bertz CT molecular complexity index is 186. The number of hydrogen-bond acceptors (Lipinski definition) is 3. The molecule has 1 rings (SSSR count). The topological polar surface area (TPSA) is 54.7 Å². The maximum absolute atomic E-state index is 5.41.